The van der Waals surface area contributed by atoms with Crippen LogP contribution in [-0.4, -0.2) is 12.5 Å². The second kappa shape index (κ2) is 6.02. The number of carbonyl (C=O) groups is 1. The zero-order valence-electron chi connectivity index (χ0n) is 9.88. The molecule has 17 heavy (non-hydrogen) atoms. The van der Waals surface area contributed by atoms with Crippen LogP contribution in [-0.2, 0) is 4.79 Å². The Morgan fingerprint density at radius 2 is 2.24 bits per heavy atom. The van der Waals surface area contributed by atoms with Crippen LogP contribution in [0.3, 0.4) is 0 Å². The molecule has 0 aromatic heterocycles. The van der Waals surface area contributed by atoms with Crippen molar-refractivity contribution < 1.29 is 9.18 Å². The van der Waals surface area contributed by atoms with E-state index in [1.165, 1.54) is 18.2 Å². The standard InChI is InChI=1S/C13H15FN2O/c1-9(2)13(17)16-12-6-5-11(14)8-10(12)4-3-7-15/h5-6,8-9H,7,15H2,1-2H3,(H,16,17). The molecule has 0 saturated carbocycles. The van der Waals surface area contributed by atoms with E-state index in [1.54, 1.807) is 13.8 Å². The lowest BCUT2D eigenvalue weighted by molar-refractivity contribution is -0.118. The summed E-state index contributed by atoms with van der Waals surface area (Å²) < 4.78 is 13.1. The first-order valence-corrected chi connectivity index (χ1v) is 5.34. The fourth-order valence-corrected chi connectivity index (χ4v) is 1.15. The number of nitrogens with one attached hydrogen (secondary N) is 1. The predicted molar refractivity (Wildman–Crippen MR) is 65.8 cm³/mol. The Hall–Kier alpha value is -1.86. The fraction of sp³-hybridized carbons (Fsp3) is 0.308. The lowest BCUT2D eigenvalue weighted by Gasteiger charge is -2.09. The fourth-order valence-electron chi connectivity index (χ4n) is 1.15. The summed E-state index contributed by atoms with van der Waals surface area (Å²) in [5.41, 5.74) is 6.20. The lowest BCUT2D eigenvalue weighted by atomic mass is 10.1. The first-order chi connectivity index (χ1) is 8.04. The third-order valence-electron chi connectivity index (χ3n) is 2.09. The number of benzene rings is 1. The van der Waals surface area contributed by atoms with Crippen molar-refractivity contribution in [3.63, 3.8) is 0 Å². The Kier molecular flexibility index (Phi) is 4.68. The van der Waals surface area contributed by atoms with Crippen LogP contribution in [0, 0.1) is 23.6 Å². The van der Waals surface area contributed by atoms with Gasteiger partial charge in [-0.3, -0.25) is 4.79 Å². The summed E-state index contributed by atoms with van der Waals surface area (Å²) in [6.45, 7) is 3.75. The molecule has 3 nitrogen and oxygen atoms in total. The maximum absolute atomic E-state index is 13.1. The molecule has 0 aliphatic heterocycles. The molecule has 1 rings (SSSR count). The number of nitrogens with two attached hydrogens (primary N) is 1. The first-order valence-electron chi connectivity index (χ1n) is 5.34. The summed E-state index contributed by atoms with van der Waals surface area (Å²) >= 11 is 0. The Bertz CT molecular complexity index is 472. The molecule has 0 radical (unpaired) electrons. The molecule has 0 aliphatic rings. The molecule has 0 fully saturated rings. The van der Waals surface area contributed by atoms with Crippen molar-refractivity contribution in [2.24, 2.45) is 11.7 Å². The van der Waals surface area contributed by atoms with E-state index in [4.69, 9.17) is 5.73 Å². The molecular formula is C13H15FN2O. The van der Waals surface area contributed by atoms with Gasteiger partial charge >= 0.3 is 0 Å². The van der Waals surface area contributed by atoms with Crippen LogP contribution < -0.4 is 11.1 Å². The Morgan fingerprint density at radius 1 is 1.53 bits per heavy atom. The third kappa shape index (κ3) is 3.89. The SMILES string of the molecule is CC(C)C(=O)Nc1ccc(F)cc1C#CCN. The highest BCUT2D eigenvalue weighted by molar-refractivity contribution is 5.93. The van der Waals surface area contributed by atoms with Crippen molar-refractivity contribution in [3.8, 4) is 11.8 Å². The van der Waals surface area contributed by atoms with Gasteiger partial charge in [-0.2, -0.15) is 0 Å². The molecule has 0 atom stereocenters. The predicted octanol–water partition coefficient (Wildman–Crippen LogP) is 1.73. The van der Waals surface area contributed by atoms with E-state index in [0.29, 0.717) is 11.3 Å². The van der Waals surface area contributed by atoms with E-state index in [9.17, 15) is 9.18 Å². The van der Waals surface area contributed by atoms with Crippen molar-refractivity contribution in [3.05, 3.63) is 29.6 Å². The number of carbonyl (C=O) groups excluding carboxylic acids is 1. The van der Waals surface area contributed by atoms with Crippen molar-refractivity contribution >= 4 is 11.6 Å². The monoisotopic (exact) mass is 234 g/mol. The Balaban J connectivity index is 3.02. The van der Waals surface area contributed by atoms with Crippen LogP contribution in [0.1, 0.15) is 19.4 Å². The van der Waals surface area contributed by atoms with Crippen molar-refractivity contribution in [1.29, 1.82) is 0 Å². The molecule has 1 aromatic carbocycles. The minimum atomic E-state index is -0.395. The molecule has 0 heterocycles. The number of amides is 1. The normalized spacial score (nSPS) is 9.71. The van der Waals surface area contributed by atoms with Crippen molar-refractivity contribution in [1.82, 2.24) is 0 Å². The molecule has 0 saturated heterocycles. The zero-order chi connectivity index (χ0) is 12.8. The number of anilines is 1. The zero-order valence-corrected chi connectivity index (χ0v) is 9.88. The van der Waals surface area contributed by atoms with Gasteiger partial charge in [0.2, 0.25) is 5.91 Å². The van der Waals surface area contributed by atoms with Gasteiger partial charge in [0.1, 0.15) is 5.82 Å². The number of hydrogen-bond acceptors (Lipinski definition) is 2. The largest absolute Gasteiger partial charge is 0.325 e. The molecule has 0 aliphatic carbocycles. The van der Waals surface area contributed by atoms with Gasteiger partial charge in [-0.15, -0.1) is 0 Å². The molecule has 0 spiro atoms. The smallest absolute Gasteiger partial charge is 0.226 e. The summed E-state index contributed by atoms with van der Waals surface area (Å²) in [7, 11) is 0. The van der Waals surface area contributed by atoms with Gasteiger partial charge in [0.05, 0.1) is 17.8 Å². The van der Waals surface area contributed by atoms with E-state index in [2.05, 4.69) is 17.2 Å². The van der Waals surface area contributed by atoms with Crippen LogP contribution in [0.25, 0.3) is 0 Å². The van der Waals surface area contributed by atoms with E-state index in [1.807, 2.05) is 0 Å². The quantitative estimate of drug-likeness (QED) is 0.766. The number of halogens is 1. The van der Waals surface area contributed by atoms with Gasteiger partial charge in [0.15, 0.2) is 0 Å². The van der Waals surface area contributed by atoms with E-state index < -0.39 is 5.82 Å². The second-order valence-corrected chi connectivity index (χ2v) is 3.84. The third-order valence-corrected chi connectivity index (χ3v) is 2.09. The summed E-state index contributed by atoms with van der Waals surface area (Å²) in [5.74, 6) is 4.69. The summed E-state index contributed by atoms with van der Waals surface area (Å²) in [5, 5.41) is 2.70. The molecule has 0 bridgehead atoms. The van der Waals surface area contributed by atoms with E-state index in [-0.39, 0.29) is 18.4 Å². The average molecular weight is 234 g/mol. The van der Waals surface area contributed by atoms with Crippen molar-refractivity contribution in [2.45, 2.75) is 13.8 Å². The van der Waals surface area contributed by atoms with Crippen molar-refractivity contribution in [2.75, 3.05) is 11.9 Å². The second-order valence-electron chi connectivity index (χ2n) is 3.84. The topological polar surface area (TPSA) is 55.1 Å². The minimum Gasteiger partial charge on any atom is -0.325 e. The average Bonchev–Trinajstić information content (AvgIpc) is 2.29. The molecule has 4 heteroatoms. The summed E-state index contributed by atoms with van der Waals surface area (Å²) in [6.07, 6.45) is 0. The maximum atomic E-state index is 13.1. The van der Waals surface area contributed by atoms with Crippen LogP contribution in [0.15, 0.2) is 18.2 Å². The Morgan fingerprint density at radius 3 is 2.82 bits per heavy atom. The highest BCUT2D eigenvalue weighted by atomic mass is 19.1. The summed E-state index contributed by atoms with van der Waals surface area (Å²) in [4.78, 5) is 11.5. The van der Waals surface area contributed by atoms with Crippen LogP contribution in [0.2, 0.25) is 0 Å². The highest BCUT2D eigenvalue weighted by Gasteiger charge is 2.09. The first kappa shape index (κ1) is 13.2. The molecule has 0 unspecified atom stereocenters. The lowest BCUT2D eigenvalue weighted by Crippen LogP contribution is -2.18. The van der Waals surface area contributed by atoms with Crippen LogP contribution >= 0.6 is 0 Å². The Labute approximate surface area is 100 Å². The molecule has 1 aromatic rings. The van der Waals surface area contributed by atoms with Gasteiger partial charge in [-0.1, -0.05) is 25.7 Å². The van der Waals surface area contributed by atoms with Gasteiger partial charge in [0, 0.05) is 5.92 Å². The van der Waals surface area contributed by atoms with Crippen LogP contribution in [0.5, 0.6) is 0 Å². The van der Waals surface area contributed by atoms with Gasteiger partial charge < -0.3 is 11.1 Å². The van der Waals surface area contributed by atoms with E-state index >= 15 is 0 Å². The maximum Gasteiger partial charge on any atom is 0.226 e. The van der Waals surface area contributed by atoms with Gasteiger partial charge in [-0.25, -0.2) is 4.39 Å². The molecular weight excluding hydrogens is 219 g/mol. The molecule has 1 amide bonds. The molecule has 90 valence electrons. The minimum absolute atomic E-state index is 0.132. The molecule has 3 N–H and O–H groups in total. The highest BCUT2D eigenvalue weighted by Crippen LogP contribution is 2.16. The van der Waals surface area contributed by atoms with Gasteiger partial charge in [-0.05, 0) is 18.2 Å². The van der Waals surface area contributed by atoms with E-state index in [0.717, 1.165) is 0 Å². The number of hydrogen-bond donors (Lipinski definition) is 2. The van der Waals surface area contributed by atoms with Gasteiger partial charge in [0.25, 0.3) is 0 Å². The van der Waals surface area contributed by atoms with Crippen LogP contribution in [0.4, 0.5) is 10.1 Å². The summed E-state index contributed by atoms with van der Waals surface area (Å²) in [6, 6.07) is 4.05. The number of rotatable bonds is 2.